The highest BCUT2D eigenvalue weighted by atomic mass is 32.1. The van der Waals surface area contributed by atoms with E-state index >= 15 is 0 Å². The summed E-state index contributed by atoms with van der Waals surface area (Å²) < 4.78 is 5.92. The molecule has 0 bridgehead atoms. The molecule has 0 aliphatic heterocycles. The van der Waals surface area contributed by atoms with Gasteiger partial charge in [-0.05, 0) is 38.2 Å². The Morgan fingerprint density at radius 3 is 2.38 bits per heavy atom. The third-order valence-electron chi connectivity index (χ3n) is 5.29. The fourth-order valence-corrected chi connectivity index (χ4v) is 4.07. The fourth-order valence-electron chi connectivity index (χ4n) is 3.24. The van der Waals surface area contributed by atoms with E-state index in [1.807, 2.05) is 37.3 Å². The Morgan fingerprint density at radius 1 is 0.969 bits per heavy atom. The molecule has 0 aliphatic rings. The molecule has 0 unspecified atom stereocenters. The molecule has 0 radical (unpaired) electrons. The lowest BCUT2D eigenvalue weighted by atomic mass is 10.1. The number of Topliss-reactive ketones (excluding diaryl/α,β-unsaturated/α-hetero) is 2. The van der Waals surface area contributed by atoms with Crippen LogP contribution in [-0.4, -0.2) is 48.6 Å². The fraction of sp³-hybridized carbons (Fsp3) is 0.480. The molecule has 2 aromatic rings. The first-order valence-electron chi connectivity index (χ1n) is 11.2. The summed E-state index contributed by atoms with van der Waals surface area (Å²) in [4.78, 5) is 40.4. The lowest BCUT2D eigenvalue weighted by Crippen LogP contribution is -2.28. The average Bonchev–Trinajstić information content (AvgIpc) is 3.24. The Kier molecular flexibility index (Phi) is 11.1. The number of ether oxygens (including phenoxy) is 1. The van der Waals surface area contributed by atoms with Crippen LogP contribution in [0.2, 0.25) is 0 Å². The molecule has 174 valence electrons. The molecule has 1 N–H and O–H groups in total. The SMILES string of the molecule is CCN(CC)CCOc1ccccc1CNC(=O)CCC(=O)CCC(=O)c1ccc(C)s1. The van der Waals surface area contributed by atoms with Crippen molar-refractivity contribution < 1.29 is 19.1 Å². The van der Waals surface area contributed by atoms with Crippen LogP contribution in [0.15, 0.2) is 36.4 Å². The molecule has 0 aliphatic carbocycles. The van der Waals surface area contributed by atoms with Crippen LogP contribution in [0.3, 0.4) is 0 Å². The molecule has 2 rings (SSSR count). The van der Waals surface area contributed by atoms with Gasteiger partial charge in [0.05, 0.1) is 4.88 Å². The normalized spacial score (nSPS) is 10.9. The second-order valence-electron chi connectivity index (χ2n) is 7.63. The van der Waals surface area contributed by atoms with Crippen molar-refractivity contribution in [3.8, 4) is 5.75 Å². The minimum Gasteiger partial charge on any atom is -0.492 e. The van der Waals surface area contributed by atoms with Crippen LogP contribution < -0.4 is 10.1 Å². The Balaban J connectivity index is 1.70. The van der Waals surface area contributed by atoms with E-state index in [2.05, 4.69) is 24.1 Å². The van der Waals surface area contributed by atoms with Crippen LogP contribution in [0.25, 0.3) is 0 Å². The van der Waals surface area contributed by atoms with Crippen molar-refractivity contribution in [3.05, 3.63) is 51.7 Å². The van der Waals surface area contributed by atoms with Crippen molar-refractivity contribution in [2.75, 3.05) is 26.2 Å². The molecule has 32 heavy (non-hydrogen) atoms. The highest BCUT2D eigenvalue weighted by Crippen LogP contribution is 2.19. The van der Waals surface area contributed by atoms with E-state index in [0.717, 1.165) is 35.8 Å². The van der Waals surface area contributed by atoms with E-state index in [0.29, 0.717) is 18.0 Å². The number of hydrogen-bond donors (Lipinski definition) is 1. The second-order valence-corrected chi connectivity index (χ2v) is 8.92. The first-order valence-corrected chi connectivity index (χ1v) is 12.1. The van der Waals surface area contributed by atoms with Gasteiger partial charge in [0, 0.05) is 49.2 Å². The smallest absolute Gasteiger partial charge is 0.220 e. The molecule has 0 fully saturated rings. The molecule has 1 amide bonds. The Hall–Kier alpha value is -2.51. The van der Waals surface area contributed by atoms with Crippen molar-refractivity contribution in [1.29, 1.82) is 0 Å². The van der Waals surface area contributed by atoms with E-state index in [1.54, 1.807) is 6.07 Å². The summed E-state index contributed by atoms with van der Waals surface area (Å²) in [6.45, 7) is 9.96. The third-order valence-corrected chi connectivity index (χ3v) is 6.33. The number of thiophene rings is 1. The topological polar surface area (TPSA) is 75.7 Å². The van der Waals surface area contributed by atoms with Gasteiger partial charge in [-0.2, -0.15) is 0 Å². The minimum absolute atomic E-state index is 0.0153. The van der Waals surface area contributed by atoms with Crippen molar-refractivity contribution >= 4 is 28.8 Å². The molecule has 0 atom stereocenters. The molecular formula is C25H34N2O4S. The van der Waals surface area contributed by atoms with Gasteiger partial charge in [0.25, 0.3) is 0 Å². The maximum atomic E-state index is 12.2. The monoisotopic (exact) mass is 458 g/mol. The minimum atomic E-state index is -0.184. The maximum Gasteiger partial charge on any atom is 0.220 e. The molecule has 0 spiro atoms. The van der Waals surface area contributed by atoms with Gasteiger partial charge in [-0.3, -0.25) is 14.4 Å². The third kappa shape index (κ3) is 8.93. The van der Waals surface area contributed by atoms with Gasteiger partial charge < -0.3 is 15.0 Å². The van der Waals surface area contributed by atoms with Crippen LogP contribution in [-0.2, 0) is 16.1 Å². The van der Waals surface area contributed by atoms with E-state index in [-0.39, 0.29) is 43.2 Å². The molecule has 1 aromatic carbocycles. The number of carbonyl (C=O) groups is 3. The van der Waals surface area contributed by atoms with E-state index in [9.17, 15) is 14.4 Å². The van der Waals surface area contributed by atoms with Crippen LogP contribution in [0.1, 0.15) is 59.6 Å². The Morgan fingerprint density at radius 2 is 1.69 bits per heavy atom. The molecule has 0 saturated heterocycles. The average molecular weight is 459 g/mol. The number of rotatable bonds is 15. The Bertz CT molecular complexity index is 890. The predicted molar refractivity (Wildman–Crippen MR) is 128 cm³/mol. The number of benzene rings is 1. The van der Waals surface area contributed by atoms with Crippen molar-refractivity contribution in [2.24, 2.45) is 0 Å². The molecule has 1 heterocycles. The number of nitrogens with zero attached hydrogens (tertiary/aromatic N) is 1. The standard InChI is InChI=1S/C25H34N2O4S/c1-4-27(5-2)16-17-31-23-9-7-6-8-20(23)18-26-25(30)15-12-21(28)11-13-22(29)24-14-10-19(3)32-24/h6-10,14H,4-5,11-13,15-18H2,1-3H3,(H,26,30). The quantitative estimate of drug-likeness (QED) is 0.400. The molecule has 1 aromatic heterocycles. The van der Waals surface area contributed by atoms with Crippen molar-refractivity contribution in [1.82, 2.24) is 10.2 Å². The molecule has 0 saturated carbocycles. The van der Waals surface area contributed by atoms with Gasteiger partial charge in [0.2, 0.25) is 5.91 Å². The predicted octanol–water partition coefficient (Wildman–Crippen LogP) is 4.41. The van der Waals surface area contributed by atoms with Crippen LogP contribution in [0, 0.1) is 6.92 Å². The number of aryl methyl sites for hydroxylation is 1. The summed E-state index contributed by atoms with van der Waals surface area (Å²) in [6, 6.07) is 11.4. The molecular weight excluding hydrogens is 424 g/mol. The largest absolute Gasteiger partial charge is 0.492 e. The van der Waals surface area contributed by atoms with Gasteiger partial charge in [0.15, 0.2) is 5.78 Å². The summed E-state index contributed by atoms with van der Waals surface area (Å²) in [5.41, 5.74) is 0.906. The van der Waals surface area contributed by atoms with Gasteiger partial charge >= 0.3 is 0 Å². The van der Waals surface area contributed by atoms with Crippen molar-refractivity contribution in [3.63, 3.8) is 0 Å². The van der Waals surface area contributed by atoms with E-state index in [1.165, 1.54) is 11.3 Å². The van der Waals surface area contributed by atoms with Crippen LogP contribution in [0.4, 0.5) is 0 Å². The lowest BCUT2D eigenvalue weighted by Gasteiger charge is -2.19. The van der Waals surface area contributed by atoms with Gasteiger partial charge in [-0.25, -0.2) is 0 Å². The number of carbonyl (C=O) groups excluding carboxylic acids is 3. The number of amides is 1. The highest BCUT2D eigenvalue weighted by molar-refractivity contribution is 7.14. The Labute approximate surface area is 195 Å². The number of nitrogens with one attached hydrogen (secondary N) is 1. The maximum absolute atomic E-state index is 12.2. The summed E-state index contributed by atoms with van der Waals surface area (Å²) in [5, 5.41) is 2.86. The zero-order valence-corrected chi connectivity index (χ0v) is 20.1. The van der Waals surface area contributed by atoms with Crippen LogP contribution in [0.5, 0.6) is 5.75 Å². The summed E-state index contributed by atoms with van der Waals surface area (Å²) in [5.74, 6) is 0.496. The van der Waals surface area contributed by atoms with Gasteiger partial charge in [0.1, 0.15) is 18.1 Å². The number of para-hydroxylation sites is 1. The highest BCUT2D eigenvalue weighted by Gasteiger charge is 2.13. The molecule has 6 nitrogen and oxygen atoms in total. The van der Waals surface area contributed by atoms with E-state index in [4.69, 9.17) is 4.74 Å². The summed E-state index contributed by atoms with van der Waals surface area (Å²) in [7, 11) is 0. The second kappa shape index (κ2) is 13.8. The lowest BCUT2D eigenvalue weighted by molar-refractivity contribution is -0.125. The van der Waals surface area contributed by atoms with Gasteiger partial charge in [-0.1, -0.05) is 32.0 Å². The van der Waals surface area contributed by atoms with E-state index < -0.39 is 0 Å². The summed E-state index contributed by atoms with van der Waals surface area (Å²) in [6.07, 6.45) is 0.631. The number of ketones is 2. The zero-order valence-electron chi connectivity index (χ0n) is 19.3. The first kappa shape index (κ1) is 25.7. The first-order chi connectivity index (χ1) is 15.4. The van der Waals surface area contributed by atoms with Crippen molar-refractivity contribution in [2.45, 2.75) is 53.0 Å². The zero-order chi connectivity index (χ0) is 23.3. The number of likely N-dealkylation sites (N-methyl/N-ethyl adjacent to an activating group) is 1. The molecule has 7 heteroatoms. The summed E-state index contributed by atoms with van der Waals surface area (Å²) >= 11 is 1.44. The van der Waals surface area contributed by atoms with Crippen LogP contribution >= 0.6 is 11.3 Å². The van der Waals surface area contributed by atoms with Gasteiger partial charge in [-0.15, -0.1) is 11.3 Å². The number of hydrogen-bond acceptors (Lipinski definition) is 6.